The monoisotopic (exact) mass is 212 g/mol. The van der Waals surface area contributed by atoms with Crippen molar-refractivity contribution in [2.45, 2.75) is 19.6 Å². The Kier molecular flexibility index (Phi) is 5.18. The van der Waals surface area contributed by atoms with Gasteiger partial charge in [0.15, 0.2) is 6.29 Å². The van der Waals surface area contributed by atoms with E-state index in [4.69, 9.17) is 10.2 Å². The van der Waals surface area contributed by atoms with Crippen LogP contribution in [0, 0.1) is 0 Å². The molecule has 4 nitrogen and oxygen atoms in total. The molecule has 0 aromatic rings. The van der Waals surface area contributed by atoms with Crippen molar-refractivity contribution < 1.29 is 23.4 Å². The average molecular weight is 212 g/mol. The van der Waals surface area contributed by atoms with Gasteiger partial charge < -0.3 is 15.6 Å². The zero-order valence-electron chi connectivity index (χ0n) is 7.63. The van der Waals surface area contributed by atoms with Crippen LogP contribution in [-0.2, 0) is 0 Å². The number of nitrogens with zero attached hydrogens (tertiary/aromatic N) is 1. The van der Waals surface area contributed by atoms with E-state index >= 15 is 0 Å². The molecule has 3 N–H and O–H groups in total. The summed E-state index contributed by atoms with van der Waals surface area (Å²) in [5.74, 6) is -1.12. The maximum absolute atomic E-state index is 12.7. The van der Waals surface area contributed by atoms with E-state index in [-0.39, 0.29) is 0 Å². The summed E-state index contributed by atoms with van der Waals surface area (Å²) in [5, 5.41) is 20.4. The van der Waals surface area contributed by atoms with Crippen molar-refractivity contribution in [3.05, 3.63) is 11.4 Å². The molecule has 0 rings (SSSR count). The Labute approximate surface area is 78.7 Å². The minimum absolute atomic E-state index is 0.836. The molecule has 0 unspecified atom stereocenters. The van der Waals surface area contributed by atoms with Gasteiger partial charge in [-0.3, -0.25) is 0 Å². The molecule has 0 radical (unpaired) electrons. The fourth-order valence-corrected chi connectivity index (χ4v) is 0.834. The lowest BCUT2D eigenvalue weighted by atomic mass is 10.1. The first kappa shape index (κ1) is 12.9. The van der Waals surface area contributed by atoms with Crippen LogP contribution in [0.5, 0.6) is 0 Å². The zero-order valence-corrected chi connectivity index (χ0v) is 7.63. The summed E-state index contributed by atoms with van der Waals surface area (Å²) in [6, 6.07) is 0. The highest BCUT2D eigenvalue weighted by atomic mass is 19.3. The largest absolute Gasteiger partial charge is 0.364 e. The third-order valence-electron chi connectivity index (χ3n) is 1.34. The van der Waals surface area contributed by atoms with Gasteiger partial charge in [-0.2, -0.15) is 5.10 Å². The zero-order chi connectivity index (χ0) is 11.3. The van der Waals surface area contributed by atoms with Crippen LogP contribution < -0.4 is 5.43 Å². The maximum atomic E-state index is 12.7. The molecule has 0 aliphatic carbocycles. The fraction of sp³-hybridized carbons (Fsp3) is 0.571. The molecular weight excluding hydrogens is 201 g/mol. The highest BCUT2D eigenvalue weighted by Crippen LogP contribution is 2.15. The van der Waals surface area contributed by atoms with Crippen molar-refractivity contribution in [3.63, 3.8) is 0 Å². The lowest BCUT2D eigenvalue weighted by molar-refractivity contribution is -0.00595. The number of halogens is 3. The molecule has 0 bridgehead atoms. The molecule has 0 aromatic carbocycles. The van der Waals surface area contributed by atoms with E-state index in [2.05, 4.69) is 5.10 Å². The van der Waals surface area contributed by atoms with Gasteiger partial charge in [0.05, 0.1) is 5.57 Å². The molecule has 0 aliphatic rings. The number of nitrogens with one attached hydrogen (secondary N) is 1. The molecule has 0 spiro atoms. The first-order valence-corrected chi connectivity index (χ1v) is 3.67. The third-order valence-corrected chi connectivity index (χ3v) is 1.34. The number of hydrogen-bond acceptors (Lipinski definition) is 4. The SMILES string of the molecule is CN/N=C(\C(=C(/C)F)C(O)O)C(F)F. The maximum Gasteiger partial charge on any atom is 0.282 e. The second-order valence-electron chi connectivity index (χ2n) is 2.34. The van der Waals surface area contributed by atoms with Gasteiger partial charge in [-0.1, -0.05) is 0 Å². The van der Waals surface area contributed by atoms with Crippen LogP contribution in [0.2, 0.25) is 0 Å². The van der Waals surface area contributed by atoms with Gasteiger partial charge >= 0.3 is 0 Å². The standard InChI is InChI=1S/C7H11F3N2O2/c1-3(8)4(7(13)14)5(6(9)10)12-11-2/h6-7,11,13-14H,1-2H3/b4-3-,12-5+. The predicted octanol–water partition coefficient (Wildman–Crippen LogP) is 0.381. The predicted molar refractivity (Wildman–Crippen MR) is 44.5 cm³/mol. The topological polar surface area (TPSA) is 64.9 Å². The number of allylic oxidation sites excluding steroid dienone is 1. The first-order valence-electron chi connectivity index (χ1n) is 3.67. The van der Waals surface area contributed by atoms with E-state index in [0.29, 0.717) is 0 Å². The molecule has 14 heavy (non-hydrogen) atoms. The van der Waals surface area contributed by atoms with Gasteiger partial charge in [0.25, 0.3) is 6.43 Å². The summed E-state index contributed by atoms with van der Waals surface area (Å²) in [5.41, 5.74) is 0.0769. The fourth-order valence-electron chi connectivity index (χ4n) is 0.834. The summed E-state index contributed by atoms with van der Waals surface area (Å²) < 4.78 is 37.2. The van der Waals surface area contributed by atoms with Crippen molar-refractivity contribution in [3.8, 4) is 0 Å². The number of aliphatic hydroxyl groups is 2. The average Bonchev–Trinajstić information content (AvgIpc) is 2.01. The van der Waals surface area contributed by atoms with Crippen LogP contribution in [0.15, 0.2) is 16.5 Å². The van der Waals surface area contributed by atoms with Crippen molar-refractivity contribution in [1.29, 1.82) is 0 Å². The molecule has 82 valence electrons. The molecular formula is C7H11F3N2O2. The van der Waals surface area contributed by atoms with Crippen molar-refractivity contribution in [2.24, 2.45) is 5.10 Å². The molecule has 0 fully saturated rings. The van der Waals surface area contributed by atoms with E-state index in [1.54, 1.807) is 0 Å². The normalized spacial score (nSPS) is 14.8. The van der Waals surface area contributed by atoms with E-state index in [0.717, 1.165) is 6.92 Å². The van der Waals surface area contributed by atoms with E-state index in [1.165, 1.54) is 7.05 Å². The molecule has 0 saturated heterocycles. The Balaban J connectivity index is 5.17. The van der Waals surface area contributed by atoms with Gasteiger partial charge in [0, 0.05) is 7.05 Å². The van der Waals surface area contributed by atoms with Gasteiger partial charge in [0.2, 0.25) is 0 Å². The Morgan fingerprint density at radius 2 is 1.86 bits per heavy atom. The van der Waals surface area contributed by atoms with Gasteiger partial charge in [-0.05, 0) is 6.92 Å². The number of hydrazone groups is 1. The van der Waals surface area contributed by atoms with E-state index in [1.807, 2.05) is 5.43 Å². The second-order valence-corrected chi connectivity index (χ2v) is 2.34. The molecule has 0 saturated carbocycles. The van der Waals surface area contributed by atoms with Gasteiger partial charge in [-0.25, -0.2) is 13.2 Å². The molecule has 0 heterocycles. The highest BCUT2D eigenvalue weighted by Gasteiger charge is 2.25. The number of rotatable bonds is 4. The number of hydrogen-bond donors (Lipinski definition) is 3. The van der Waals surface area contributed by atoms with Crippen molar-refractivity contribution in [2.75, 3.05) is 7.05 Å². The minimum Gasteiger partial charge on any atom is -0.364 e. The first-order chi connectivity index (χ1) is 6.41. The Morgan fingerprint density at radius 3 is 2.07 bits per heavy atom. The molecule has 0 atom stereocenters. The van der Waals surface area contributed by atoms with Gasteiger partial charge in [-0.15, -0.1) is 0 Å². The summed E-state index contributed by atoms with van der Waals surface area (Å²) in [4.78, 5) is 0. The summed E-state index contributed by atoms with van der Waals surface area (Å²) in [7, 11) is 1.23. The summed E-state index contributed by atoms with van der Waals surface area (Å²) >= 11 is 0. The quantitative estimate of drug-likeness (QED) is 0.358. The lowest BCUT2D eigenvalue weighted by Gasteiger charge is -2.12. The van der Waals surface area contributed by atoms with Crippen LogP contribution in [0.25, 0.3) is 0 Å². The number of aliphatic hydroxyl groups excluding tert-OH is 1. The van der Waals surface area contributed by atoms with Crippen LogP contribution in [-0.4, -0.2) is 35.7 Å². The second kappa shape index (κ2) is 5.61. The lowest BCUT2D eigenvalue weighted by Crippen LogP contribution is -2.26. The van der Waals surface area contributed by atoms with E-state index < -0.39 is 29.8 Å². The smallest absolute Gasteiger partial charge is 0.282 e. The van der Waals surface area contributed by atoms with Gasteiger partial charge in [0.1, 0.15) is 11.5 Å². The highest BCUT2D eigenvalue weighted by molar-refractivity contribution is 6.03. The Bertz CT molecular complexity index is 247. The van der Waals surface area contributed by atoms with Crippen LogP contribution in [0.4, 0.5) is 13.2 Å². The summed E-state index contributed by atoms with van der Waals surface area (Å²) in [6.45, 7) is 0.836. The Morgan fingerprint density at radius 1 is 1.36 bits per heavy atom. The number of alkyl halides is 2. The minimum atomic E-state index is -3.09. The molecule has 0 aromatic heterocycles. The summed E-state index contributed by atoms with van der Waals surface area (Å²) in [6.07, 6.45) is -5.41. The molecule has 0 amide bonds. The third kappa shape index (κ3) is 3.35. The Hall–Kier alpha value is -1.08. The van der Waals surface area contributed by atoms with Crippen LogP contribution in [0.1, 0.15) is 6.92 Å². The van der Waals surface area contributed by atoms with Crippen molar-refractivity contribution >= 4 is 5.71 Å². The molecule has 7 heteroatoms. The van der Waals surface area contributed by atoms with Crippen molar-refractivity contribution in [1.82, 2.24) is 5.43 Å². The van der Waals surface area contributed by atoms with Crippen LogP contribution in [0.3, 0.4) is 0 Å². The van der Waals surface area contributed by atoms with Crippen LogP contribution >= 0.6 is 0 Å². The molecule has 0 aliphatic heterocycles. The van der Waals surface area contributed by atoms with E-state index in [9.17, 15) is 13.2 Å².